The second kappa shape index (κ2) is 8.83. The molecule has 0 radical (unpaired) electrons. The molecule has 30 heavy (non-hydrogen) atoms. The van der Waals surface area contributed by atoms with Gasteiger partial charge in [-0.15, -0.1) is 0 Å². The van der Waals surface area contributed by atoms with E-state index in [-0.39, 0.29) is 5.41 Å². The van der Waals surface area contributed by atoms with Crippen molar-refractivity contribution in [2.45, 2.75) is 65.2 Å². The first kappa shape index (κ1) is 21.0. The minimum absolute atomic E-state index is 0.152. The molecule has 0 aromatic heterocycles. The second-order valence-electron chi connectivity index (χ2n) is 9.55. The van der Waals surface area contributed by atoms with Crippen LogP contribution in [0.25, 0.3) is 0 Å². The van der Waals surface area contributed by atoms with E-state index in [1.165, 1.54) is 49.7 Å². The highest BCUT2D eigenvalue weighted by Crippen LogP contribution is 2.55. The SMILES string of the molecule is CCC[C@H]1[C@@H]2CCc3cc(OC)ccc3[C@H]2CC[C@]1(C)/C=N/Nc1ccc(C)cc1. The topological polar surface area (TPSA) is 33.6 Å². The molecular weight excluding hydrogens is 368 g/mol. The highest BCUT2D eigenvalue weighted by molar-refractivity contribution is 5.67. The molecule has 4 atom stereocenters. The molecule has 0 saturated heterocycles. The Morgan fingerprint density at radius 2 is 1.97 bits per heavy atom. The number of fused-ring (bicyclic) bond motifs is 3. The Labute approximate surface area is 181 Å². The van der Waals surface area contributed by atoms with Gasteiger partial charge in [0.15, 0.2) is 0 Å². The molecule has 0 amide bonds. The van der Waals surface area contributed by atoms with Crippen LogP contribution in [0.15, 0.2) is 47.6 Å². The van der Waals surface area contributed by atoms with Crippen molar-refractivity contribution in [2.75, 3.05) is 12.5 Å². The molecule has 2 aromatic rings. The summed E-state index contributed by atoms with van der Waals surface area (Å²) in [4.78, 5) is 0. The number of anilines is 1. The predicted molar refractivity (Wildman–Crippen MR) is 127 cm³/mol. The lowest BCUT2D eigenvalue weighted by molar-refractivity contribution is 0.0783. The van der Waals surface area contributed by atoms with Crippen LogP contribution < -0.4 is 10.2 Å². The molecule has 1 N–H and O–H groups in total. The van der Waals surface area contributed by atoms with Crippen molar-refractivity contribution >= 4 is 11.9 Å². The highest BCUT2D eigenvalue weighted by Gasteiger charge is 2.47. The van der Waals surface area contributed by atoms with Crippen LogP contribution in [0.3, 0.4) is 0 Å². The number of benzene rings is 2. The summed E-state index contributed by atoms with van der Waals surface area (Å²) in [6.45, 7) is 6.88. The maximum Gasteiger partial charge on any atom is 0.119 e. The van der Waals surface area contributed by atoms with Gasteiger partial charge in [0.1, 0.15) is 5.75 Å². The zero-order valence-corrected chi connectivity index (χ0v) is 18.9. The summed E-state index contributed by atoms with van der Waals surface area (Å²) in [6, 6.07) is 15.2. The number of aryl methyl sites for hydroxylation is 2. The normalized spacial score (nSPS) is 28.1. The van der Waals surface area contributed by atoms with Crippen molar-refractivity contribution in [1.29, 1.82) is 0 Å². The summed E-state index contributed by atoms with van der Waals surface area (Å²) in [5.74, 6) is 3.10. The van der Waals surface area contributed by atoms with E-state index >= 15 is 0 Å². The van der Waals surface area contributed by atoms with E-state index in [4.69, 9.17) is 9.84 Å². The van der Waals surface area contributed by atoms with Gasteiger partial charge in [-0.3, -0.25) is 5.43 Å². The monoisotopic (exact) mass is 404 g/mol. The molecular formula is C27H36N2O. The van der Waals surface area contributed by atoms with Gasteiger partial charge in [-0.25, -0.2) is 0 Å². The summed E-state index contributed by atoms with van der Waals surface area (Å²) in [7, 11) is 1.76. The molecule has 2 aliphatic carbocycles. The largest absolute Gasteiger partial charge is 0.497 e. The van der Waals surface area contributed by atoms with Crippen molar-refractivity contribution in [1.82, 2.24) is 0 Å². The van der Waals surface area contributed by atoms with Gasteiger partial charge in [0.05, 0.1) is 12.8 Å². The average Bonchev–Trinajstić information content (AvgIpc) is 2.76. The van der Waals surface area contributed by atoms with Gasteiger partial charge in [0, 0.05) is 11.6 Å². The van der Waals surface area contributed by atoms with Gasteiger partial charge < -0.3 is 4.74 Å². The third kappa shape index (κ3) is 4.12. The van der Waals surface area contributed by atoms with Gasteiger partial charge in [-0.05, 0) is 92.2 Å². The Kier molecular flexibility index (Phi) is 6.17. The van der Waals surface area contributed by atoms with Gasteiger partial charge in [0.2, 0.25) is 0 Å². The van der Waals surface area contributed by atoms with Gasteiger partial charge in [0.25, 0.3) is 0 Å². The van der Waals surface area contributed by atoms with Crippen LogP contribution in [0.2, 0.25) is 0 Å². The van der Waals surface area contributed by atoms with Crippen LogP contribution in [0.4, 0.5) is 5.69 Å². The molecule has 3 heteroatoms. The zero-order valence-electron chi connectivity index (χ0n) is 18.9. The number of nitrogens with zero attached hydrogens (tertiary/aromatic N) is 1. The summed E-state index contributed by atoms with van der Waals surface area (Å²) >= 11 is 0. The first-order chi connectivity index (χ1) is 14.5. The van der Waals surface area contributed by atoms with E-state index in [0.717, 1.165) is 17.4 Å². The van der Waals surface area contributed by atoms with Crippen molar-refractivity contribution in [2.24, 2.45) is 22.4 Å². The number of ether oxygens (including phenoxy) is 1. The van der Waals surface area contributed by atoms with Crippen LogP contribution in [0.1, 0.15) is 68.6 Å². The lowest BCUT2D eigenvalue weighted by atomic mass is 9.54. The van der Waals surface area contributed by atoms with Crippen LogP contribution in [0, 0.1) is 24.2 Å². The molecule has 0 heterocycles. The molecule has 0 aliphatic heterocycles. The minimum atomic E-state index is 0.152. The standard InChI is InChI=1S/C27H36N2O/c1-5-6-26-25-13-9-20-17-22(30-4)12-14-23(20)24(25)15-16-27(26,3)18-28-29-21-10-7-19(2)8-11-21/h7-8,10-12,14,17-18,24-26,29H,5-6,9,13,15-16H2,1-4H3/b28-18+/t24-,25-,26+,27-/m1/s1. The highest BCUT2D eigenvalue weighted by atomic mass is 16.5. The Morgan fingerprint density at radius 1 is 1.17 bits per heavy atom. The van der Waals surface area contributed by atoms with Crippen LogP contribution in [-0.4, -0.2) is 13.3 Å². The maximum atomic E-state index is 5.47. The van der Waals surface area contributed by atoms with E-state index in [9.17, 15) is 0 Å². The predicted octanol–water partition coefficient (Wildman–Crippen LogP) is 6.96. The molecule has 0 spiro atoms. The molecule has 1 saturated carbocycles. The van der Waals surface area contributed by atoms with Crippen molar-refractivity contribution in [3.05, 3.63) is 59.2 Å². The lowest BCUT2D eigenvalue weighted by Crippen LogP contribution is -2.43. The quantitative estimate of drug-likeness (QED) is 0.417. The fourth-order valence-electron chi connectivity index (χ4n) is 5.93. The number of nitrogens with one attached hydrogen (secondary N) is 1. The first-order valence-corrected chi connectivity index (χ1v) is 11.6. The smallest absolute Gasteiger partial charge is 0.119 e. The average molecular weight is 405 g/mol. The van der Waals surface area contributed by atoms with E-state index in [0.29, 0.717) is 11.8 Å². The van der Waals surface area contributed by atoms with Crippen molar-refractivity contribution < 1.29 is 4.74 Å². The molecule has 4 rings (SSSR count). The Hall–Kier alpha value is -2.29. The maximum absolute atomic E-state index is 5.47. The van der Waals surface area contributed by atoms with E-state index in [1.54, 1.807) is 12.7 Å². The number of methoxy groups -OCH3 is 1. The molecule has 1 fully saturated rings. The fourth-order valence-corrected chi connectivity index (χ4v) is 5.93. The Morgan fingerprint density at radius 3 is 2.70 bits per heavy atom. The number of rotatable bonds is 6. The third-order valence-corrected chi connectivity index (χ3v) is 7.58. The third-order valence-electron chi connectivity index (χ3n) is 7.58. The van der Waals surface area contributed by atoms with E-state index < -0.39 is 0 Å². The first-order valence-electron chi connectivity index (χ1n) is 11.6. The molecule has 2 aliphatic rings. The summed E-state index contributed by atoms with van der Waals surface area (Å²) in [5.41, 5.74) is 8.82. The summed E-state index contributed by atoms with van der Waals surface area (Å²) < 4.78 is 5.47. The second-order valence-corrected chi connectivity index (χ2v) is 9.55. The van der Waals surface area contributed by atoms with Gasteiger partial charge >= 0.3 is 0 Å². The fraction of sp³-hybridized carbons (Fsp3) is 0.519. The number of hydrogen-bond acceptors (Lipinski definition) is 3. The van der Waals surface area contributed by atoms with Gasteiger partial charge in [-0.2, -0.15) is 5.10 Å². The van der Waals surface area contributed by atoms with Crippen LogP contribution in [-0.2, 0) is 6.42 Å². The molecule has 3 nitrogen and oxygen atoms in total. The van der Waals surface area contributed by atoms with Gasteiger partial charge in [-0.1, -0.05) is 44.0 Å². The molecule has 2 aromatic carbocycles. The zero-order chi connectivity index (χ0) is 21.1. The van der Waals surface area contributed by atoms with Crippen LogP contribution >= 0.6 is 0 Å². The van der Waals surface area contributed by atoms with Crippen molar-refractivity contribution in [3.63, 3.8) is 0 Å². The number of hydrogen-bond donors (Lipinski definition) is 1. The number of hydrazone groups is 1. The lowest BCUT2D eigenvalue weighted by Gasteiger charge is -2.50. The Balaban J connectivity index is 1.54. The Bertz CT molecular complexity index is 888. The van der Waals surface area contributed by atoms with Crippen LogP contribution in [0.5, 0.6) is 5.75 Å². The minimum Gasteiger partial charge on any atom is -0.497 e. The summed E-state index contributed by atoms with van der Waals surface area (Å²) in [5, 5.41) is 4.71. The van der Waals surface area contributed by atoms with Crippen molar-refractivity contribution in [3.8, 4) is 5.75 Å². The molecule has 160 valence electrons. The van der Waals surface area contributed by atoms with E-state index in [2.05, 4.69) is 74.9 Å². The molecule has 0 unspecified atom stereocenters. The summed E-state index contributed by atoms with van der Waals surface area (Å²) in [6.07, 6.45) is 9.64. The van der Waals surface area contributed by atoms with E-state index in [1.807, 2.05) is 0 Å². The molecule has 0 bridgehead atoms.